The van der Waals surface area contributed by atoms with Crippen molar-refractivity contribution in [3.05, 3.63) is 59.7 Å². The predicted molar refractivity (Wildman–Crippen MR) is 87.9 cm³/mol. The highest BCUT2D eigenvalue weighted by molar-refractivity contribution is 6.04. The first-order chi connectivity index (χ1) is 10.6. The van der Waals surface area contributed by atoms with Crippen LogP contribution in [0.2, 0.25) is 0 Å². The van der Waals surface area contributed by atoms with Crippen LogP contribution < -0.4 is 16.4 Å². The Hall–Kier alpha value is -2.66. The summed E-state index contributed by atoms with van der Waals surface area (Å²) in [6.45, 7) is 2.19. The molecule has 2 amide bonds. The molecule has 0 aliphatic carbocycles. The van der Waals surface area contributed by atoms with Gasteiger partial charge in [-0.05, 0) is 42.8 Å². The minimum Gasteiger partial charge on any atom is -0.330 e. The third kappa shape index (κ3) is 4.17. The van der Waals surface area contributed by atoms with Gasteiger partial charge in [-0.25, -0.2) is 0 Å². The van der Waals surface area contributed by atoms with Gasteiger partial charge in [-0.15, -0.1) is 0 Å². The third-order valence-electron chi connectivity index (χ3n) is 3.17. The number of nitrogens with one attached hydrogen (secondary N) is 2. The molecule has 2 aromatic carbocycles. The van der Waals surface area contributed by atoms with Gasteiger partial charge < -0.3 is 16.4 Å². The Morgan fingerprint density at radius 3 is 2.41 bits per heavy atom. The molecule has 5 nitrogen and oxygen atoms in total. The van der Waals surface area contributed by atoms with Crippen molar-refractivity contribution in [2.45, 2.75) is 13.3 Å². The van der Waals surface area contributed by atoms with Gasteiger partial charge in [-0.1, -0.05) is 18.2 Å². The molecular weight excluding hydrogens is 278 g/mol. The zero-order chi connectivity index (χ0) is 15.9. The van der Waals surface area contributed by atoms with Crippen LogP contribution in [0.3, 0.4) is 0 Å². The summed E-state index contributed by atoms with van der Waals surface area (Å²) in [5.41, 5.74) is 8.21. The number of aryl methyl sites for hydroxylation is 1. The summed E-state index contributed by atoms with van der Waals surface area (Å²) in [7, 11) is 0. The fourth-order valence-corrected chi connectivity index (χ4v) is 2.02. The molecule has 0 heterocycles. The monoisotopic (exact) mass is 297 g/mol. The van der Waals surface area contributed by atoms with Crippen LogP contribution in [0.25, 0.3) is 0 Å². The second-order valence-electron chi connectivity index (χ2n) is 4.94. The van der Waals surface area contributed by atoms with Gasteiger partial charge in [-0.2, -0.15) is 0 Å². The first-order valence-corrected chi connectivity index (χ1v) is 7.07. The molecule has 22 heavy (non-hydrogen) atoms. The Kier molecular flexibility index (Phi) is 5.27. The van der Waals surface area contributed by atoms with Crippen molar-refractivity contribution < 1.29 is 9.59 Å². The lowest BCUT2D eigenvalue weighted by Gasteiger charge is -2.11. The van der Waals surface area contributed by atoms with Crippen molar-refractivity contribution >= 4 is 23.2 Å². The molecule has 2 rings (SSSR count). The van der Waals surface area contributed by atoms with Crippen LogP contribution in [0.5, 0.6) is 0 Å². The first kappa shape index (κ1) is 15.7. The van der Waals surface area contributed by atoms with E-state index in [1.807, 2.05) is 31.2 Å². The van der Waals surface area contributed by atoms with E-state index >= 15 is 0 Å². The molecule has 0 fully saturated rings. The quantitative estimate of drug-likeness (QED) is 0.793. The minimum absolute atomic E-state index is 0.122. The van der Waals surface area contributed by atoms with Gasteiger partial charge in [-0.3, -0.25) is 9.59 Å². The lowest BCUT2D eigenvalue weighted by molar-refractivity contribution is -0.116. The smallest absolute Gasteiger partial charge is 0.255 e. The first-order valence-electron chi connectivity index (χ1n) is 7.07. The molecule has 4 N–H and O–H groups in total. The number of nitrogens with two attached hydrogens (primary N) is 1. The SMILES string of the molecule is Cc1cc(NC(=O)CCN)ccc1NC(=O)c1ccccc1. The summed E-state index contributed by atoms with van der Waals surface area (Å²) in [6.07, 6.45) is 0.283. The lowest BCUT2D eigenvalue weighted by atomic mass is 10.1. The molecule has 0 saturated carbocycles. The summed E-state index contributed by atoms with van der Waals surface area (Å²) in [5, 5.41) is 5.62. The maximum atomic E-state index is 12.1. The average Bonchev–Trinajstić information content (AvgIpc) is 2.51. The number of rotatable bonds is 5. The van der Waals surface area contributed by atoms with Crippen molar-refractivity contribution in [2.75, 3.05) is 17.2 Å². The van der Waals surface area contributed by atoms with Crippen LogP contribution in [0.1, 0.15) is 22.3 Å². The van der Waals surface area contributed by atoms with Crippen LogP contribution in [0.4, 0.5) is 11.4 Å². The van der Waals surface area contributed by atoms with Crippen LogP contribution in [0.15, 0.2) is 48.5 Å². The Morgan fingerprint density at radius 2 is 1.77 bits per heavy atom. The highest BCUT2D eigenvalue weighted by atomic mass is 16.2. The summed E-state index contributed by atoms with van der Waals surface area (Å²) in [5.74, 6) is -0.286. The normalized spacial score (nSPS) is 10.1. The number of carbonyl (C=O) groups is 2. The second kappa shape index (κ2) is 7.38. The Balaban J connectivity index is 2.07. The molecule has 0 aliphatic rings. The van der Waals surface area contributed by atoms with Crippen LogP contribution in [0, 0.1) is 6.92 Å². The molecule has 0 saturated heterocycles. The van der Waals surface area contributed by atoms with Crippen molar-refractivity contribution in [2.24, 2.45) is 5.73 Å². The number of amides is 2. The fraction of sp³-hybridized carbons (Fsp3) is 0.176. The number of benzene rings is 2. The Morgan fingerprint density at radius 1 is 1.05 bits per heavy atom. The van der Waals surface area contributed by atoms with Gasteiger partial charge in [0.15, 0.2) is 0 Å². The van der Waals surface area contributed by atoms with E-state index in [4.69, 9.17) is 5.73 Å². The van der Waals surface area contributed by atoms with E-state index in [0.717, 1.165) is 5.56 Å². The van der Waals surface area contributed by atoms with Crippen molar-refractivity contribution in [1.82, 2.24) is 0 Å². The Bertz CT molecular complexity index is 669. The fourth-order valence-electron chi connectivity index (χ4n) is 2.02. The molecule has 2 aromatic rings. The van der Waals surface area contributed by atoms with Crippen molar-refractivity contribution in [3.8, 4) is 0 Å². The van der Waals surface area contributed by atoms with Crippen LogP contribution in [-0.4, -0.2) is 18.4 Å². The van der Waals surface area contributed by atoms with Crippen molar-refractivity contribution in [1.29, 1.82) is 0 Å². The van der Waals surface area contributed by atoms with Gasteiger partial charge in [0.25, 0.3) is 5.91 Å². The maximum absolute atomic E-state index is 12.1. The highest BCUT2D eigenvalue weighted by Gasteiger charge is 2.08. The topological polar surface area (TPSA) is 84.2 Å². The van der Waals surface area contributed by atoms with E-state index in [9.17, 15) is 9.59 Å². The maximum Gasteiger partial charge on any atom is 0.255 e. The number of hydrogen-bond acceptors (Lipinski definition) is 3. The van der Waals surface area contributed by atoms with Crippen LogP contribution in [-0.2, 0) is 4.79 Å². The third-order valence-corrected chi connectivity index (χ3v) is 3.17. The van der Waals surface area contributed by atoms with Gasteiger partial charge in [0, 0.05) is 29.9 Å². The van der Waals surface area contributed by atoms with Crippen LogP contribution >= 0.6 is 0 Å². The van der Waals surface area contributed by atoms with Crippen molar-refractivity contribution in [3.63, 3.8) is 0 Å². The summed E-state index contributed by atoms with van der Waals surface area (Å²) in [4.78, 5) is 23.6. The Labute approximate surface area is 129 Å². The predicted octanol–water partition coefficient (Wildman–Crippen LogP) is 2.53. The lowest BCUT2D eigenvalue weighted by Crippen LogP contribution is -2.16. The molecular formula is C17H19N3O2. The molecule has 0 aliphatic heterocycles. The van der Waals surface area contributed by atoms with E-state index < -0.39 is 0 Å². The number of carbonyl (C=O) groups excluding carboxylic acids is 2. The summed E-state index contributed by atoms with van der Waals surface area (Å²) < 4.78 is 0. The summed E-state index contributed by atoms with van der Waals surface area (Å²) in [6, 6.07) is 14.3. The molecule has 0 atom stereocenters. The summed E-state index contributed by atoms with van der Waals surface area (Å²) >= 11 is 0. The highest BCUT2D eigenvalue weighted by Crippen LogP contribution is 2.20. The molecule has 0 aromatic heterocycles. The number of hydrogen-bond donors (Lipinski definition) is 3. The zero-order valence-electron chi connectivity index (χ0n) is 12.4. The van der Waals surface area contributed by atoms with Gasteiger partial charge in [0.05, 0.1) is 0 Å². The molecule has 0 spiro atoms. The second-order valence-corrected chi connectivity index (χ2v) is 4.94. The number of anilines is 2. The van der Waals surface area contributed by atoms with E-state index in [1.54, 1.807) is 24.3 Å². The average molecular weight is 297 g/mol. The van der Waals surface area contributed by atoms with E-state index in [1.165, 1.54) is 0 Å². The van der Waals surface area contributed by atoms with E-state index in [0.29, 0.717) is 23.5 Å². The molecule has 0 bridgehead atoms. The minimum atomic E-state index is -0.163. The molecule has 114 valence electrons. The van der Waals surface area contributed by atoms with E-state index in [-0.39, 0.29) is 18.2 Å². The molecule has 5 heteroatoms. The largest absolute Gasteiger partial charge is 0.330 e. The standard InChI is InChI=1S/C17H19N3O2/c1-12-11-14(19-16(21)9-10-18)7-8-15(12)20-17(22)13-5-3-2-4-6-13/h2-8,11H,9-10,18H2,1H3,(H,19,21)(H,20,22). The molecule has 0 radical (unpaired) electrons. The van der Waals surface area contributed by atoms with E-state index in [2.05, 4.69) is 10.6 Å². The molecule has 0 unspecified atom stereocenters. The van der Waals surface area contributed by atoms with Gasteiger partial charge in [0.2, 0.25) is 5.91 Å². The van der Waals surface area contributed by atoms with Gasteiger partial charge >= 0.3 is 0 Å². The zero-order valence-corrected chi connectivity index (χ0v) is 12.4. The van der Waals surface area contributed by atoms with Gasteiger partial charge in [0.1, 0.15) is 0 Å².